The van der Waals surface area contributed by atoms with Crippen LogP contribution < -0.4 is 15.8 Å². The number of ether oxygens (including phenoxy) is 1. The first-order chi connectivity index (χ1) is 7.98. The maximum Gasteiger partial charge on any atom is 0.122 e. The van der Waals surface area contributed by atoms with Gasteiger partial charge in [-0.1, -0.05) is 13.8 Å². The largest absolute Gasteiger partial charge is 0.494 e. The fourth-order valence-electron chi connectivity index (χ4n) is 1.49. The number of nitrogens with two attached hydrogens (primary N) is 1. The smallest absolute Gasteiger partial charge is 0.122 e. The van der Waals surface area contributed by atoms with Crippen LogP contribution in [0, 0.1) is 12.3 Å². The third kappa shape index (κ3) is 4.27. The van der Waals surface area contributed by atoms with E-state index in [4.69, 9.17) is 10.5 Å². The number of nitrogens with one attached hydrogen (secondary N) is 1. The standard InChI is InChI=1S/C14H24N2O/c1-5-17-13-7-6-12(8-11(13)2)16-10-14(3,4)9-15/h6-8,16H,5,9-10,15H2,1-4H3. The van der Waals surface area contributed by atoms with Crippen LogP contribution in [0.15, 0.2) is 18.2 Å². The van der Waals surface area contributed by atoms with Crippen molar-refractivity contribution in [1.29, 1.82) is 0 Å². The third-order valence-corrected chi connectivity index (χ3v) is 2.80. The van der Waals surface area contributed by atoms with Crippen molar-refractivity contribution in [2.45, 2.75) is 27.7 Å². The lowest BCUT2D eigenvalue weighted by molar-refractivity contribution is 0.338. The highest BCUT2D eigenvalue weighted by Crippen LogP contribution is 2.23. The van der Waals surface area contributed by atoms with E-state index in [9.17, 15) is 0 Å². The molecule has 1 rings (SSSR count). The second kappa shape index (κ2) is 5.92. The van der Waals surface area contributed by atoms with Crippen LogP contribution in [0.25, 0.3) is 0 Å². The minimum Gasteiger partial charge on any atom is -0.494 e. The molecule has 17 heavy (non-hydrogen) atoms. The van der Waals surface area contributed by atoms with Gasteiger partial charge in [0.15, 0.2) is 0 Å². The topological polar surface area (TPSA) is 47.3 Å². The SMILES string of the molecule is CCOc1ccc(NCC(C)(C)CN)cc1C. The highest BCUT2D eigenvalue weighted by atomic mass is 16.5. The predicted octanol–water partition coefficient (Wildman–Crippen LogP) is 2.79. The number of aryl methyl sites for hydroxylation is 1. The first-order valence-corrected chi connectivity index (χ1v) is 6.16. The predicted molar refractivity (Wildman–Crippen MR) is 73.7 cm³/mol. The molecule has 1 aromatic rings. The first-order valence-electron chi connectivity index (χ1n) is 6.16. The summed E-state index contributed by atoms with van der Waals surface area (Å²) in [5.41, 5.74) is 8.09. The van der Waals surface area contributed by atoms with E-state index in [1.807, 2.05) is 19.1 Å². The summed E-state index contributed by atoms with van der Waals surface area (Å²) in [6.07, 6.45) is 0. The zero-order valence-electron chi connectivity index (χ0n) is 11.3. The summed E-state index contributed by atoms with van der Waals surface area (Å²) in [7, 11) is 0. The van der Waals surface area contributed by atoms with Gasteiger partial charge >= 0.3 is 0 Å². The normalized spacial score (nSPS) is 11.4. The lowest BCUT2D eigenvalue weighted by Gasteiger charge is -2.23. The van der Waals surface area contributed by atoms with E-state index in [0.717, 1.165) is 23.5 Å². The number of hydrogen-bond donors (Lipinski definition) is 2. The molecule has 1 aromatic carbocycles. The minimum absolute atomic E-state index is 0.118. The van der Waals surface area contributed by atoms with Gasteiger partial charge < -0.3 is 15.8 Å². The van der Waals surface area contributed by atoms with Crippen LogP contribution in [0.1, 0.15) is 26.3 Å². The Hall–Kier alpha value is -1.22. The van der Waals surface area contributed by atoms with Crippen LogP contribution in [0.2, 0.25) is 0 Å². The Labute approximate surface area is 104 Å². The number of benzene rings is 1. The van der Waals surface area contributed by atoms with Crippen molar-refractivity contribution in [2.24, 2.45) is 11.1 Å². The molecule has 0 radical (unpaired) electrons. The van der Waals surface area contributed by atoms with Gasteiger partial charge in [-0.05, 0) is 49.6 Å². The van der Waals surface area contributed by atoms with Crippen LogP contribution in [0.5, 0.6) is 5.75 Å². The Bertz CT molecular complexity index is 361. The van der Waals surface area contributed by atoms with Gasteiger partial charge in [0.2, 0.25) is 0 Å². The molecule has 0 aromatic heterocycles. The van der Waals surface area contributed by atoms with E-state index in [1.165, 1.54) is 0 Å². The third-order valence-electron chi connectivity index (χ3n) is 2.80. The second-order valence-corrected chi connectivity index (χ2v) is 5.14. The highest BCUT2D eigenvalue weighted by Gasteiger charge is 2.14. The molecule has 0 aliphatic rings. The number of hydrogen-bond acceptors (Lipinski definition) is 3. The van der Waals surface area contributed by atoms with Gasteiger partial charge in [0, 0.05) is 12.2 Å². The summed E-state index contributed by atoms with van der Waals surface area (Å²) in [5.74, 6) is 0.955. The van der Waals surface area contributed by atoms with Crippen molar-refractivity contribution in [3.8, 4) is 5.75 Å². The Morgan fingerprint density at radius 2 is 2.06 bits per heavy atom. The molecule has 96 valence electrons. The molecule has 0 atom stereocenters. The molecule has 0 heterocycles. The van der Waals surface area contributed by atoms with Gasteiger partial charge in [-0.15, -0.1) is 0 Å². The Morgan fingerprint density at radius 3 is 2.59 bits per heavy atom. The van der Waals surface area contributed by atoms with Gasteiger partial charge in [-0.25, -0.2) is 0 Å². The molecule has 0 spiro atoms. The first kappa shape index (κ1) is 13.8. The monoisotopic (exact) mass is 236 g/mol. The molecule has 3 heteroatoms. The molecule has 3 N–H and O–H groups in total. The second-order valence-electron chi connectivity index (χ2n) is 5.14. The van der Waals surface area contributed by atoms with Crippen LogP contribution in [0.3, 0.4) is 0 Å². The minimum atomic E-state index is 0.118. The quantitative estimate of drug-likeness (QED) is 0.798. The van der Waals surface area contributed by atoms with Crippen LogP contribution in [-0.2, 0) is 0 Å². The average molecular weight is 236 g/mol. The molecule has 3 nitrogen and oxygen atoms in total. The zero-order chi connectivity index (χ0) is 12.9. The van der Waals surface area contributed by atoms with Gasteiger partial charge in [-0.2, -0.15) is 0 Å². The van der Waals surface area contributed by atoms with Crippen molar-refractivity contribution in [3.05, 3.63) is 23.8 Å². The van der Waals surface area contributed by atoms with E-state index >= 15 is 0 Å². The van der Waals surface area contributed by atoms with E-state index in [1.54, 1.807) is 0 Å². The van der Waals surface area contributed by atoms with Crippen molar-refractivity contribution >= 4 is 5.69 Å². The lowest BCUT2D eigenvalue weighted by atomic mass is 9.94. The van der Waals surface area contributed by atoms with Gasteiger partial charge in [-0.3, -0.25) is 0 Å². The summed E-state index contributed by atoms with van der Waals surface area (Å²) < 4.78 is 5.51. The van der Waals surface area contributed by atoms with Gasteiger partial charge in [0.25, 0.3) is 0 Å². The molecular formula is C14H24N2O. The summed E-state index contributed by atoms with van der Waals surface area (Å²) in [6.45, 7) is 10.6. The fourth-order valence-corrected chi connectivity index (χ4v) is 1.49. The Balaban J connectivity index is 2.64. The van der Waals surface area contributed by atoms with E-state index in [-0.39, 0.29) is 5.41 Å². The highest BCUT2D eigenvalue weighted by molar-refractivity contribution is 5.50. The van der Waals surface area contributed by atoms with Crippen molar-refractivity contribution in [3.63, 3.8) is 0 Å². The molecule has 0 bridgehead atoms. The maximum atomic E-state index is 5.70. The van der Waals surface area contributed by atoms with Crippen molar-refractivity contribution < 1.29 is 4.74 Å². The van der Waals surface area contributed by atoms with E-state index in [2.05, 4.69) is 32.2 Å². The van der Waals surface area contributed by atoms with Crippen LogP contribution >= 0.6 is 0 Å². The summed E-state index contributed by atoms with van der Waals surface area (Å²) >= 11 is 0. The molecule has 0 aliphatic heterocycles. The molecule has 0 saturated carbocycles. The molecule has 0 amide bonds. The zero-order valence-corrected chi connectivity index (χ0v) is 11.3. The van der Waals surface area contributed by atoms with Crippen molar-refractivity contribution in [1.82, 2.24) is 0 Å². The average Bonchev–Trinajstić information content (AvgIpc) is 2.30. The lowest BCUT2D eigenvalue weighted by Crippen LogP contribution is -2.31. The number of anilines is 1. The maximum absolute atomic E-state index is 5.70. The molecule has 0 saturated heterocycles. The van der Waals surface area contributed by atoms with E-state index in [0.29, 0.717) is 13.2 Å². The fraction of sp³-hybridized carbons (Fsp3) is 0.571. The summed E-state index contributed by atoms with van der Waals surface area (Å²) in [6, 6.07) is 6.17. The molecule has 0 aliphatic carbocycles. The number of rotatable bonds is 6. The van der Waals surface area contributed by atoms with Crippen LogP contribution in [-0.4, -0.2) is 19.7 Å². The van der Waals surface area contributed by atoms with Gasteiger partial charge in [0.05, 0.1) is 6.61 Å². The van der Waals surface area contributed by atoms with Crippen LogP contribution in [0.4, 0.5) is 5.69 Å². The van der Waals surface area contributed by atoms with Gasteiger partial charge in [0.1, 0.15) is 5.75 Å². The summed E-state index contributed by atoms with van der Waals surface area (Å²) in [4.78, 5) is 0. The van der Waals surface area contributed by atoms with Crippen molar-refractivity contribution in [2.75, 3.05) is 25.0 Å². The van der Waals surface area contributed by atoms with E-state index < -0.39 is 0 Å². The molecular weight excluding hydrogens is 212 g/mol. The molecule has 0 unspecified atom stereocenters. The Kier molecular flexibility index (Phi) is 4.82. The Morgan fingerprint density at radius 1 is 1.35 bits per heavy atom. The summed E-state index contributed by atoms with van der Waals surface area (Å²) in [5, 5.41) is 3.41. The molecule has 0 fully saturated rings.